The topological polar surface area (TPSA) is 102 Å². The molecule has 7 nitrogen and oxygen atoms in total. The van der Waals surface area contributed by atoms with Crippen LogP contribution < -0.4 is 5.73 Å². The van der Waals surface area contributed by atoms with Crippen LogP contribution in [0.25, 0.3) is 0 Å². The van der Waals surface area contributed by atoms with Gasteiger partial charge in [-0.15, -0.1) is 0 Å². The zero-order chi connectivity index (χ0) is 15.4. The van der Waals surface area contributed by atoms with E-state index in [0.29, 0.717) is 11.3 Å². The molecular weight excluding hydrogens is 272 g/mol. The first-order valence-corrected chi connectivity index (χ1v) is 6.18. The van der Waals surface area contributed by atoms with E-state index in [1.165, 1.54) is 23.2 Å². The van der Waals surface area contributed by atoms with E-state index in [2.05, 4.69) is 4.98 Å². The fourth-order valence-corrected chi connectivity index (χ4v) is 1.89. The Labute approximate surface area is 121 Å². The van der Waals surface area contributed by atoms with Gasteiger partial charge in [-0.3, -0.25) is 14.9 Å². The summed E-state index contributed by atoms with van der Waals surface area (Å²) in [5, 5.41) is 10.7. The van der Waals surface area contributed by atoms with Crippen LogP contribution in [0.1, 0.15) is 16.1 Å². The molecule has 1 heterocycles. The quantitative estimate of drug-likeness (QED) is 0.682. The van der Waals surface area contributed by atoms with Crippen LogP contribution in [0.4, 0.5) is 11.4 Å². The number of non-ortho nitro benzene ring substituents is 1. The average Bonchev–Trinajstić information content (AvgIpc) is 2.47. The number of aromatic nitrogens is 1. The highest BCUT2D eigenvalue weighted by atomic mass is 16.6. The third-order valence-electron chi connectivity index (χ3n) is 2.93. The van der Waals surface area contributed by atoms with E-state index >= 15 is 0 Å². The lowest BCUT2D eigenvalue weighted by Crippen LogP contribution is -2.27. The molecule has 2 N–H and O–H groups in total. The van der Waals surface area contributed by atoms with Crippen molar-refractivity contribution in [3.63, 3.8) is 0 Å². The summed E-state index contributed by atoms with van der Waals surface area (Å²) in [4.78, 5) is 27.9. The minimum atomic E-state index is -0.470. The van der Waals surface area contributed by atoms with Crippen molar-refractivity contribution in [3.8, 4) is 0 Å². The van der Waals surface area contributed by atoms with Gasteiger partial charge < -0.3 is 10.6 Å². The highest BCUT2D eigenvalue weighted by molar-refractivity contribution is 5.96. The molecule has 0 unspecified atom stereocenters. The number of rotatable bonds is 4. The second kappa shape index (κ2) is 6.00. The molecule has 0 aliphatic heterocycles. The molecule has 7 heteroatoms. The number of nitrogens with two attached hydrogens (primary N) is 1. The van der Waals surface area contributed by atoms with Gasteiger partial charge >= 0.3 is 0 Å². The highest BCUT2D eigenvalue weighted by Gasteiger charge is 2.16. The van der Waals surface area contributed by atoms with Crippen LogP contribution in [0.5, 0.6) is 0 Å². The predicted molar refractivity (Wildman–Crippen MR) is 77.5 cm³/mol. The number of pyridine rings is 1. The number of carbonyl (C=O) groups excluding carboxylic acids is 1. The van der Waals surface area contributed by atoms with Crippen molar-refractivity contribution in [2.75, 3.05) is 12.8 Å². The van der Waals surface area contributed by atoms with Crippen LogP contribution in [-0.2, 0) is 6.54 Å². The van der Waals surface area contributed by atoms with Gasteiger partial charge in [-0.05, 0) is 17.7 Å². The largest absolute Gasteiger partial charge is 0.397 e. The van der Waals surface area contributed by atoms with E-state index in [9.17, 15) is 14.9 Å². The zero-order valence-corrected chi connectivity index (χ0v) is 11.4. The van der Waals surface area contributed by atoms with Crippen LogP contribution >= 0.6 is 0 Å². The number of hydrogen-bond donors (Lipinski definition) is 1. The van der Waals surface area contributed by atoms with Crippen molar-refractivity contribution in [2.24, 2.45) is 0 Å². The van der Waals surface area contributed by atoms with E-state index < -0.39 is 4.92 Å². The SMILES string of the molecule is CN(Cc1cccc([N+](=O)[O-])c1)C(=O)c1ncccc1N. The Morgan fingerprint density at radius 1 is 1.38 bits per heavy atom. The smallest absolute Gasteiger partial charge is 0.274 e. The van der Waals surface area contributed by atoms with E-state index in [4.69, 9.17) is 5.73 Å². The molecule has 1 amide bonds. The number of nitrogen functional groups attached to an aromatic ring is 1. The van der Waals surface area contributed by atoms with Crippen molar-refractivity contribution >= 4 is 17.3 Å². The van der Waals surface area contributed by atoms with E-state index in [0.717, 1.165) is 0 Å². The van der Waals surface area contributed by atoms with Crippen molar-refractivity contribution in [1.29, 1.82) is 0 Å². The number of nitro groups is 1. The fourth-order valence-electron chi connectivity index (χ4n) is 1.89. The van der Waals surface area contributed by atoms with Crippen LogP contribution in [0.15, 0.2) is 42.6 Å². The molecule has 0 saturated carbocycles. The molecular formula is C14H14N4O3. The molecule has 1 aromatic heterocycles. The number of nitro benzene ring substituents is 1. The minimum absolute atomic E-state index is 0.00861. The summed E-state index contributed by atoms with van der Waals surface area (Å²) in [6.07, 6.45) is 1.49. The molecule has 0 aliphatic carbocycles. The molecule has 0 spiro atoms. The Hall–Kier alpha value is -2.96. The maximum atomic E-state index is 12.2. The number of nitrogens with zero attached hydrogens (tertiary/aromatic N) is 3. The molecule has 0 fully saturated rings. The number of benzene rings is 1. The van der Waals surface area contributed by atoms with Crippen LogP contribution in [0, 0.1) is 10.1 Å². The summed E-state index contributed by atoms with van der Waals surface area (Å²) in [7, 11) is 1.59. The standard InChI is InChI=1S/C14H14N4O3/c1-17(14(19)13-12(15)6-3-7-16-13)9-10-4-2-5-11(8-10)18(20)21/h2-8H,9,15H2,1H3. The van der Waals surface area contributed by atoms with Gasteiger partial charge in [0.15, 0.2) is 5.69 Å². The van der Waals surface area contributed by atoms with E-state index in [-0.39, 0.29) is 23.8 Å². The van der Waals surface area contributed by atoms with Crippen molar-refractivity contribution in [2.45, 2.75) is 6.54 Å². The minimum Gasteiger partial charge on any atom is -0.397 e. The average molecular weight is 286 g/mol. The number of anilines is 1. The van der Waals surface area contributed by atoms with Crippen molar-refractivity contribution in [3.05, 3.63) is 64.0 Å². The second-order valence-corrected chi connectivity index (χ2v) is 4.53. The molecule has 21 heavy (non-hydrogen) atoms. The Bertz CT molecular complexity index is 687. The number of carbonyl (C=O) groups is 1. The van der Waals surface area contributed by atoms with Gasteiger partial charge in [-0.1, -0.05) is 12.1 Å². The maximum absolute atomic E-state index is 12.2. The molecule has 0 saturated heterocycles. The molecule has 2 rings (SSSR count). The van der Waals surface area contributed by atoms with Gasteiger partial charge in [0, 0.05) is 31.9 Å². The maximum Gasteiger partial charge on any atom is 0.274 e. The molecule has 0 aliphatic rings. The first kappa shape index (κ1) is 14.4. The van der Waals surface area contributed by atoms with Gasteiger partial charge in [0.1, 0.15) is 0 Å². The molecule has 0 radical (unpaired) electrons. The second-order valence-electron chi connectivity index (χ2n) is 4.53. The Kier molecular flexibility index (Phi) is 4.13. The Morgan fingerprint density at radius 3 is 2.81 bits per heavy atom. The first-order valence-electron chi connectivity index (χ1n) is 6.18. The van der Waals surface area contributed by atoms with Crippen molar-refractivity contribution in [1.82, 2.24) is 9.88 Å². The number of hydrogen-bond acceptors (Lipinski definition) is 5. The van der Waals surface area contributed by atoms with Crippen LogP contribution in [0.2, 0.25) is 0 Å². The third-order valence-corrected chi connectivity index (χ3v) is 2.93. The zero-order valence-electron chi connectivity index (χ0n) is 11.4. The van der Waals surface area contributed by atoms with Gasteiger partial charge in [-0.25, -0.2) is 4.98 Å². The van der Waals surface area contributed by atoms with Crippen LogP contribution in [0.3, 0.4) is 0 Å². The molecule has 0 bridgehead atoms. The normalized spacial score (nSPS) is 10.1. The summed E-state index contributed by atoms with van der Waals surface area (Å²) >= 11 is 0. The summed E-state index contributed by atoms with van der Waals surface area (Å²) < 4.78 is 0. The van der Waals surface area contributed by atoms with Crippen LogP contribution in [-0.4, -0.2) is 27.8 Å². The lowest BCUT2D eigenvalue weighted by Gasteiger charge is -2.17. The van der Waals surface area contributed by atoms with Gasteiger partial charge in [-0.2, -0.15) is 0 Å². The van der Waals surface area contributed by atoms with Gasteiger partial charge in [0.05, 0.1) is 10.6 Å². The molecule has 1 aromatic carbocycles. The summed E-state index contributed by atoms with van der Waals surface area (Å²) in [6.45, 7) is 0.233. The Morgan fingerprint density at radius 2 is 2.14 bits per heavy atom. The first-order chi connectivity index (χ1) is 9.99. The molecule has 2 aromatic rings. The molecule has 108 valence electrons. The predicted octanol–water partition coefficient (Wildman–Crippen LogP) is 1.84. The summed E-state index contributed by atoms with van der Waals surface area (Å²) in [6, 6.07) is 9.39. The molecule has 0 atom stereocenters. The summed E-state index contributed by atoms with van der Waals surface area (Å²) in [5.74, 6) is -0.334. The monoisotopic (exact) mass is 286 g/mol. The lowest BCUT2D eigenvalue weighted by atomic mass is 10.2. The van der Waals surface area contributed by atoms with Gasteiger partial charge in [0.2, 0.25) is 0 Å². The fraction of sp³-hybridized carbons (Fsp3) is 0.143. The Balaban J connectivity index is 2.16. The van der Waals surface area contributed by atoms with Gasteiger partial charge in [0.25, 0.3) is 11.6 Å². The summed E-state index contributed by atoms with van der Waals surface area (Å²) in [5.41, 5.74) is 6.84. The van der Waals surface area contributed by atoms with E-state index in [1.807, 2.05) is 0 Å². The number of amides is 1. The van der Waals surface area contributed by atoms with Crippen molar-refractivity contribution < 1.29 is 9.72 Å². The lowest BCUT2D eigenvalue weighted by molar-refractivity contribution is -0.384. The highest BCUT2D eigenvalue weighted by Crippen LogP contribution is 2.16. The van der Waals surface area contributed by atoms with E-state index in [1.54, 1.807) is 31.3 Å². The third kappa shape index (κ3) is 3.33.